The molecule has 0 aromatic rings. The van der Waals surface area contributed by atoms with Gasteiger partial charge >= 0.3 is 5.97 Å². The van der Waals surface area contributed by atoms with Gasteiger partial charge in [0.2, 0.25) is 5.91 Å². The average Bonchev–Trinajstić information content (AvgIpc) is 2.31. The molecule has 0 aromatic heterocycles. The van der Waals surface area contributed by atoms with Gasteiger partial charge in [-0.15, -0.1) is 11.8 Å². The van der Waals surface area contributed by atoms with Crippen LogP contribution in [0.5, 0.6) is 0 Å². The van der Waals surface area contributed by atoms with Gasteiger partial charge in [0.1, 0.15) is 6.04 Å². The lowest BCUT2D eigenvalue weighted by molar-refractivity contribution is -0.139. The predicted octanol–water partition coefficient (Wildman–Crippen LogP) is 0.640. The number of Topliss-reactive ketones (excluding diaryl/α,β-unsaturated/α-hetero) is 1. The zero-order chi connectivity index (χ0) is 16.1. The van der Waals surface area contributed by atoms with Gasteiger partial charge in [-0.2, -0.15) is 0 Å². The van der Waals surface area contributed by atoms with E-state index in [0.717, 1.165) is 11.8 Å². The number of hydrogen-bond donors (Lipinski definition) is 3. The number of nitrogens with one attached hydrogen (secondary N) is 1. The first-order valence-electron chi connectivity index (χ1n) is 6.41. The van der Waals surface area contributed by atoms with E-state index >= 15 is 0 Å². The Balaban J connectivity index is 4.49. The molecule has 0 fully saturated rings. The number of rotatable bonds is 8. The molecule has 7 heteroatoms. The number of hydrogen-bond acceptors (Lipinski definition) is 5. The molecule has 0 bridgehead atoms. The van der Waals surface area contributed by atoms with E-state index in [2.05, 4.69) is 5.32 Å². The molecule has 0 spiro atoms. The Morgan fingerprint density at radius 2 is 1.80 bits per heavy atom. The summed E-state index contributed by atoms with van der Waals surface area (Å²) in [6.45, 7) is 8.49. The molecule has 116 valence electrons. The van der Waals surface area contributed by atoms with E-state index < -0.39 is 22.8 Å². The van der Waals surface area contributed by atoms with Crippen LogP contribution in [0.25, 0.3) is 0 Å². The van der Waals surface area contributed by atoms with Crippen molar-refractivity contribution in [3.63, 3.8) is 0 Å². The van der Waals surface area contributed by atoms with Crippen molar-refractivity contribution in [2.75, 3.05) is 5.75 Å². The SMILES string of the molecule is CC(=O)C(NC(=O)CSC(C)(C)[C@@H](N)C(=O)O)C(C)C. The second kappa shape index (κ2) is 7.64. The van der Waals surface area contributed by atoms with E-state index in [0.29, 0.717) is 0 Å². The molecule has 0 saturated carbocycles. The van der Waals surface area contributed by atoms with Crippen molar-refractivity contribution in [3.8, 4) is 0 Å². The molecule has 4 N–H and O–H groups in total. The molecule has 0 radical (unpaired) electrons. The zero-order valence-corrected chi connectivity index (χ0v) is 13.4. The first-order chi connectivity index (χ1) is 8.99. The number of carbonyl (C=O) groups is 3. The first-order valence-corrected chi connectivity index (χ1v) is 7.39. The van der Waals surface area contributed by atoms with E-state index in [4.69, 9.17) is 10.8 Å². The molecule has 6 nitrogen and oxygen atoms in total. The Labute approximate surface area is 123 Å². The zero-order valence-electron chi connectivity index (χ0n) is 12.6. The van der Waals surface area contributed by atoms with Crippen LogP contribution >= 0.6 is 11.8 Å². The molecule has 1 unspecified atom stereocenters. The van der Waals surface area contributed by atoms with Crippen LogP contribution < -0.4 is 11.1 Å². The summed E-state index contributed by atoms with van der Waals surface area (Å²) < 4.78 is -0.771. The first kappa shape index (κ1) is 18.9. The van der Waals surface area contributed by atoms with Gasteiger partial charge in [0.15, 0.2) is 5.78 Å². The number of carbonyl (C=O) groups excluding carboxylic acids is 2. The Hall–Kier alpha value is -1.08. The molecule has 0 saturated heterocycles. The third-order valence-electron chi connectivity index (χ3n) is 3.01. The van der Waals surface area contributed by atoms with Crippen LogP contribution in [0.15, 0.2) is 0 Å². The highest BCUT2D eigenvalue weighted by Crippen LogP contribution is 2.27. The van der Waals surface area contributed by atoms with Crippen molar-refractivity contribution < 1.29 is 19.5 Å². The van der Waals surface area contributed by atoms with Gasteiger partial charge in [-0.25, -0.2) is 0 Å². The Bertz CT molecular complexity index is 383. The number of ketones is 1. The molecule has 1 amide bonds. The number of amides is 1. The maximum atomic E-state index is 11.8. The molecule has 20 heavy (non-hydrogen) atoms. The summed E-state index contributed by atoms with van der Waals surface area (Å²) in [5.74, 6) is -1.43. The molecular weight excluding hydrogens is 280 g/mol. The molecule has 0 aliphatic heterocycles. The van der Waals surface area contributed by atoms with Crippen LogP contribution in [-0.2, 0) is 14.4 Å². The fraction of sp³-hybridized carbons (Fsp3) is 0.769. The topological polar surface area (TPSA) is 109 Å². The van der Waals surface area contributed by atoms with Crippen molar-refractivity contribution in [2.45, 2.75) is 51.4 Å². The van der Waals surface area contributed by atoms with Crippen LogP contribution in [-0.4, -0.2) is 45.3 Å². The monoisotopic (exact) mass is 304 g/mol. The number of nitrogens with two attached hydrogens (primary N) is 1. The summed E-state index contributed by atoms with van der Waals surface area (Å²) in [5, 5.41) is 11.5. The minimum atomic E-state index is -1.10. The summed E-state index contributed by atoms with van der Waals surface area (Å²) in [5.41, 5.74) is 5.57. The van der Waals surface area contributed by atoms with Gasteiger partial charge in [-0.1, -0.05) is 13.8 Å². The van der Waals surface area contributed by atoms with Gasteiger partial charge < -0.3 is 16.2 Å². The smallest absolute Gasteiger partial charge is 0.321 e. The van der Waals surface area contributed by atoms with Crippen LogP contribution in [0.3, 0.4) is 0 Å². The Morgan fingerprint density at radius 1 is 1.30 bits per heavy atom. The number of aliphatic carboxylic acids is 1. The van der Waals surface area contributed by atoms with E-state index in [1.807, 2.05) is 13.8 Å². The molecule has 2 atom stereocenters. The molecule has 0 rings (SSSR count). The van der Waals surface area contributed by atoms with Gasteiger partial charge in [0.05, 0.1) is 11.8 Å². The van der Waals surface area contributed by atoms with Crippen LogP contribution in [0.1, 0.15) is 34.6 Å². The second-order valence-corrected chi connectivity index (χ2v) is 7.24. The average molecular weight is 304 g/mol. The van der Waals surface area contributed by atoms with Crippen molar-refractivity contribution in [1.29, 1.82) is 0 Å². The highest BCUT2D eigenvalue weighted by atomic mass is 32.2. The lowest BCUT2D eigenvalue weighted by Crippen LogP contribution is -2.48. The minimum absolute atomic E-state index is 0.00994. The predicted molar refractivity (Wildman–Crippen MR) is 79.6 cm³/mol. The number of thioether (sulfide) groups is 1. The highest BCUT2D eigenvalue weighted by molar-refractivity contribution is 8.01. The van der Waals surface area contributed by atoms with Gasteiger partial charge in [0.25, 0.3) is 0 Å². The summed E-state index contributed by atoms with van der Waals surface area (Å²) in [4.78, 5) is 34.1. The molecule has 0 aromatic carbocycles. The van der Waals surface area contributed by atoms with Crippen molar-refractivity contribution in [3.05, 3.63) is 0 Å². The second-order valence-electron chi connectivity index (χ2n) is 5.61. The molecular formula is C13H24N2O4S. The van der Waals surface area contributed by atoms with Gasteiger partial charge in [-0.3, -0.25) is 14.4 Å². The Kier molecular flexibility index (Phi) is 7.22. The van der Waals surface area contributed by atoms with E-state index in [1.165, 1.54) is 6.92 Å². The fourth-order valence-corrected chi connectivity index (χ4v) is 2.46. The van der Waals surface area contributed by atoms with Crippen LogP contribution in [0, 0.1) is 5.92 Å². The minimum Gasteiger partial charge on any atom is -0.480 e. The maximum absolute atomic E-state index is 11.8. The summed E-state index contributed by atoms with van der Waals surface area (Å²) >= 11 is 1.16. The van der Waals surface area contributed by atoms with Crippen LogP contribution in [0.4, 0.5) is 0 Å². The third kappa shape index (κ3) is 5.92. The van der Waals surface area contributed by atoms with E-state index in [-0.39, 0.29) is 23.4 Å². The maximum Gasteiger partial charge on any atom is 0.321 e. The van der Waals surface area contributed by atoms with Crippen molar-refractivity contribution >= 4 is 29.4 Å². The third-order valence-corrected chi connectivity index (χ3v) is 4.42. The summed E-state index contributed by atoms with van der Waals surface area (Å²) in [6, 6.07) is -1.58. The summed E-state index contributed by atoms with van der Waals surface area (Å²) in [7, 11) is 0. The quantitative estimate of drug-likeness (QED) is 0.607. The largest absolute Gasteiger partial charge is 0.480 e. The van der Waals surface area contributed by atoms with E-state index in [9.17, 15) is 14.4 Å². The van der Waals surface area contributed by atoms with E-state index in [1.54, 1.807) is 13.8 Å². The normalized spacial score (nSPS) is 14.8. The number of carboxylic acid groups (broad SMARTS) is 1. The molecule has 0 heterocycles. The highest BCUT2D eigenvalue weighted by Gasteiger charge is 2.33. The van der Waals surface area contributed by atoms with Gasteiger partial charge in [-0.05, 0) is 26.7 Å². The standard InChI is InChI=1S/C13H24N2O4S/c1-7(2)10(8(3)16)15-9(17)6-20-13(4,5)11(14)12(18)19/h7,10-11H,6,14H2,1-5H3,(H,15,17)(H,18,19)/t10?,11-/m0/s1. The van der Waals surface area contributed by atoms with Gasteiger partial charge in [0, 0.05) is 4.75 Å². The lowest BCUT2D eigenvalue weighted by atomic mass is 10.0. The summed E-state index contributed by atoms with van der Waals surface area (Å²) in [6.07, 6.45) is 0. The molecule has 0 aliphatic rings. The molecule has 0 aliphatic carbocycles. The fourth-order valence-electron chi connectivity index (χ4n) is 1.59. The lowest BCUT2D eigenvalue weighted by Gasteiger charge is -2.28. The van der Waals surface area contributed by atoms with Crippen molar-refractivity contribution in [2.24, 2.45) is 11.7 Å². The van der Waals surface area contributed by atoms with Crippen molar-refractivity contribution in [1.82, 2.24) is 5.32 Å². The Morgan fingerprint density at radius 3 is 2.15 bits per heavy atom. The van der Waals surface area contributed by atoms with Crippen LogP contribution in [0.2, 0.25) is 0 Å². The number of carboxylic acids is 1.